The lowest BCUT2D eigenvalue weighted by Gasteiger charge is -2.17. The lowest BCUT2D eigenvalue weighted by atomic mass is 10.2. The molecule has 1 N–H and O–H groups in total. The number of carbonyl (C=O) groups is 1. The molecule has 0 aliphatic heterocycles. The highest BCUT2D eigenvalue weighted by molar-refractivity contribution is 6.04. The van der Waals surface area contributed by atoms with Crippen LogP contribution in [0.4, 0.5) is 26.0 Å². The molecule has 0 atom stereocenters. The van der Waals surface area contributed by atoms with Crippen LogP contribution >= 0.6 is 0 Å². The molecule has 0 fully saturated rings. The maximum absolute atomic E-state index is 13.7. The summed E-state index contributed by atoms with van der Waals surface area (Å²) >= 11 is 0. The van der Waals surface area contributed by atoms with Crippen molar-refractivity contribution in [3.05, 3.63) is 78.3 Å². The molecule has 7 heteroatoms. The number of hydrogen-bond acceptors (Lipinski definition) is 4. The number of nitrogens with zero attached hydrogens (tertiary/aromatic N) is 3. The summed E-state index contributed by atoms with van der Waals surface area (Å²) in [7, 11) is 1.63. The molecule has 0 aliphatic rings. The monoisotopic (exact) mass is 340 g/mol. The molecule has 126 valence electrons. The minimum Gasteiger partial charge on any atom is -0.338 e. The van der Waals surface area contributed by atoms with E-state index in [1.165, 1.54) is 23.4 Å². The van der Waals surface area contributed by atoms with E-state index < -0.39 is 11.6 Å². The van der Waals surface area contributed by atoms with Gasteiger partial charge in [-0.2, -0.15) is 0 Å². The van der Waals surface area contributed by atoms with E-state index in [2.05, 4.69) is 15.3 Å². The highest BCUT2D eigenvalue weighted by Gasteiger charge is 2.16. The van der Waals surface area contributed by atoms with Gasteiger partial charge in [-0.1, -0.05) is 18.2 Å². The van der Waals surface area contributed by atoms with Crippen molar-refractivity contribution in [3.63, 3.8) is 0 Å². The predicted molar refractivity (Wildman–Crippen MR) is 90.8 cm³/mol. The van der Waals surface area contributed by atoms with Gasteiger partial charge in [-0.3, -0.25) is 4.79 Å². The largest absolute Gasteiger partial charge is 0.338 e. The zero-order valence-electron chi connectivity index (χ0n) is 13.3. The summed E-state index contributed by atoms with van der Waals surface area (Å²) in [6.07, 6.45) is 1.20. The number of hydrogen-bond donors (Lipinski definition) is 1. The number of benzene rings is 2. The lowest BCUT2D eigenvalue weighted by molar-refractivity contribution is 0.0988. The van der Waals surface area contributed by atoms with Crippen LogP contribution in [0.1, 0.15) is 10.5 Å². The van der Waals surface area contributed by atoms with Crippen LogP contribution in [-0.2, 0) is 0 Å². The summed E-state index contributed by atoms with van der Waals surface area (Å²) in [6, 6.07) is 13.6. The minimum absolute atomic E-state index is 0.0508. The Morgan fingerprint density at radius 3 is 2.52 bits per heavy atom. The first-order chi connectivity index (χ1) is 12.0. The van der Waals surface area contributed by atoms with Gasteiger partial charge in [-0.05, 0) is 24.3 Å². The van der Waals surface area contributed by atoms with E-state index in [0.717, 1.165) is 12.1 Å². The Hall–Kier alpha value is -3.35. The van der Waals surface area contributed by atoms with Gasteiger partial charge < -0.3 is 10.2 Å². The molecule has 1 heterocycles. The van der Waals surface area contributed by atoms with E-state index in [1.807, 2.05) is 18.2 Å². The van der Waals surface area contributed by atoms with Gasteiger partial charge in [0.1, 0.15) is 29.5 Å². The molecular weight excluding hydrogens is 326 g/mol. The Labute approximate surface area is 143 Å². The van der Waals surface area contributed by atoms with E-state index in [9.17, 15) is 13.6 Å². The number of anilines is 3. The van der Waals surface area contributed by atoms with Gasteiger partial charge in [-0.15, -0.1) is 0 Å². The van der Waals surface area contributed by atoms with Crippen molar-refractivity contribution in [3.8, 4) is 0 Å². The zero-order valence-corrected chi connectivity index (χ0v) is 13.3. The van der Waals surface area contributed by atoms with Crippen LogP contribution in [0.5, 0.6) is 0 Å². The third-order valence-corrected chi connectivity index (χ3v) is 3.53. The molecule has 0 spiro atoms. The Balaban J connectivity index is 1.82. The molecule has 0 saturated heterocycles. The summed E-state index contributed by atoms with van der Waals surface area (Å²) in [5, 5.41) is 2.71. The number of aromatic nitrogens is 2. The van der Waals surface area contributed by atoms with Crippen LogP contribution in [0.25, 0.3) is 0 Å². The summed E-state index contributed by atoms with van der Waals surface area (Å²) in [6.45, 7) is 0. The van der Waals surface area contributed by atoms with Crippen molar-refractivity contribution in [1.29, 1.82) is 0 Å². The van der Waals surface area contributed by atoms with Gasteiger partial charge >= 0.3 is 0 Å². The number of amides is 1. The fraction of sp³-hybridized carbons (Fsp3) is 0.0556. The smallest absolute Gasteiger partial charge is 0.276 e. The summed E-state index contributed by atoms with van der Waals surface area (Å²) in [5.41, 5.74) is 0.909. The van der Waals surface area contributed by atoms with E-state index in [1.54, 1.807) is 19.2 Å². The number of halogens is 2. The summed E-state index contributed by atoms with van der Waals surface area (Å²) < 4.78 is 26.7. The first-order valence-electron chi connectivity index (χ1n) is 7.42. The molecule has 1 aromatic heterocycles. The molecule has 0 saturated carbocycles. The first-order valence-corrected chi connectivity index (χ1v) is 7.42. The molecular formula is C18H14F2N4O. The SMILES string of the molecule is CN(C(=O)c1cc(Nc2ccc(F)cc2F)ncn1)c1ccccc1. The van der Waals surface area contributed by atoms with Crippen LogP contribution in [0.2, 0.25) is 0 Å². The van der Waals surface area contributed by atoms with E-state index in [-0.39, 0.29) is 23.1 Å². The van der Waals surface area contributed by atoms with Crippen LogP contribution in [0.15, 0.2) is 60.9 Å². The van der Waals surface area contributed by atoms with Gasteiger partial charge in [0.2, 0.25) is 0 Å². The maximum Gasteiger partial charge on any atom is 0.276 e. The molecule has 5 nitrogen and oxygen atoms in total. The number of carbonyl (C=O) groups excluding carboxylic acids is 1. The third-order valence-electron chi connectivity index (χ3n) is 3.53. The second-order valence-corrected chi connectivity index (χ2v) is 5.24. The second kappa shape index (κ2) is 7.04. The minimum atomic E-state index is -0.757. The first kappa shape index (κ1) is 16.5. The molecule has 0 radical (unpaired) electrons. The van der Waals surface area contributed by atoms with Crippen LogP contribution in [0.3, 0.4) is 0 Å². The summed E-state index contributed by atoms with van der Waals surface area (Å²) in [4.78, 5) is 21.9. The average Bonchev–Trinajstić information content (AvgIpc) is 2.64. The van der Waals surface area contributed by atoms with Gasteiger partial charge in [0.05, 0.1) is 5.69 Å². The normalized spacial score (nSPS) is 10.4. The van der Waals surface area contributed by atoms with Crippen molar-refractivity contribution in [2.45, 2.75) is 0 Å². The summed E-state index contributed by atoms with van der Waals surface area (Å²) in [5.74, 6) is -1.54. The predicted octanol–water partition coefficient (Wildman–Crippen LogP) is 3.78. The molecule has 0 aliphatic carbocycles. The lowest BCUT2D eigenvalue weighted by Crippen LogP contribution is -2.27. The zero-order chi connectivity index (χ0) is 17.8. The third kappa shape index (κ3) is 3.77. The van der Waals surface area contributed by atoms with E-state index in [0.29, 0.717) is 5.69 Å². The molecule has 25 heavy (non-hydrogen) atoms. The topological polar surface area (TPSA) is 58.1 Å². The fourth-order valence-corrected chi connectivity index (χ4v) is 2.21. The van der Waals surface area contributed by atoms with Crippen LogP contribution in [0, 0.1) is 11.6 Å². The van der Waals surface area contributed by atoms with Crippen molar-refractivity contribution < 1.29 is 13.6 Å². The molecule has 3 rings (SSSR count). The maximum atomic E-state index is 13.7. The number of para-hydroxylation sites is 1. The molecule has 0 unspecified atom stereocenters. The Morgan fingerprint density at radius 1 is 1.04 bits per heavy atom. The van der Waals surface area contributed by atoms with Crippen molar-refractivity contribution in [2.75, 3.05) is 17.3 Å². The number of nitrogens with one attached hydrogen (secondary N) is 1. The average molecular weight is 340 g/mol. The van der Waals surface area contributed by atoms with Crippen molar-refractivity contribution in [2.24, 2.45) is 0 Å². The highest BCUT2D eigenvalue weighted by Crippen LogP contribution is 2.20. The highest BCUT2D eigenvalue weighted by atomic mass is 19.1. The Bertz CT molecular complexity index is 903. The van der Waals surface area contributed by atoms with Crippen LogP contribution in [-0.4, -0.2) is 22.9 Å². The van der Waals surface area contributed by atoms with Gasteiger partial charge in [-0.25, -0.2) is 18.7 Å². The van der Waals surface area contributed by atoms with Gasteiger partial charge in [0.25, 0.3) is 5.91 Å². The quantitative estimate of drug-likeness (QED) is 0.785. The van der Waals surface area contributed by atoms with Crippen molar-refractivity contribution >= 4 is 23.1 Å². The Kier molecular flexibility index (Phi) is 4.65. The molecule has 1 amide bonds. The molecule has 0 bridgehead atoms. The fourth-order valence-electron chi connectivity index (χ4n) is 2.21. The molecule has 3 aromatic rings. The second-order valence-electron chi connectivity index (χ2n) is 5.24. The van der Waals surface area contributed by atoms with Gasteiger partial charge in [0.15, 0.2) is 0 Å². The van der Waals surface area contributed by atoms with E-state index >= 15 is 0 Å². The molecule has 2 aromatic carbocycles. The Morgan fingerprint density at radius 2 is 1.80 bits per heavy atom. The standard InChI is InChI=1S/C18H14F2N4O/c1-24(13-5-3-2-4-6-13)18(25)16-10-17(22-11-21-16)23-15-8-7-12(19)9-14(15)20/h2-11H,1H3,(H,21,22,23). The number of rotatable bonds is 4. The van der Waals surface area contributed by atoms with Gasteiger partial charge in [0, 0.05) is 24.9 Å². The van der Waals surface area contributed by atoms with E-state index in [4.69, 9.17) is 0 Å². The van der Waals surface area contributed by atoms with Crippen LogP contribution < -0.4 is 10.2 Å². The van der Waals surface area contributed by atoms with Crippen molar-refractivity contribution in [1.82, 2.24) is 9.97 Å².